The molecule has 18 heavy (non-hydrogen) atoms. The first-order chi connectivity index (χ1) is 8.41. The summed E-state index contributed by atoms with van der Waals surface area (Å²) < 4.78 is 13.6. The van der Waals surface area contributed by atoms with Crippen molar-refractivity contribution in [3.05, 3.63) is 70.0 Å². The predicted octanol–water partition coefficient (Wildman–Crippen LogP) is 4.01. The van der Waals surface area contributed by atoms with Crippen molar-refractivity contribution in [1.82, 2.24) is 0 Å². The van der Waals surface area contributed by atoms with Crippen LogP contribution >= 0.6 is 11.6 Å². The summed E-state index contributed by atoms with van der Waals surface area (Å²) in [5, 5.41) is 0.657. The summed E-state index contributed by atoms with van der Waals surface area (Å²) in [5.74, 6) is -0.238. The van der Waals surface area contributed by atoms with Crippen molar-refractivity contribution in [1.29, 1.82) is 0 Å². The third-order valence-electron chi connectivity index (χ3n) is 3.22. The molecule has 0 aliphatic carbocycles. The highest BCUT2D eigenvalue weighted by molar-refractivity contribution is 6.30. The standard InChI is InChI=1S/C15H15ClFN/c1-10-3-4-12(9-14(10)17)15(2,18)11-5-7-13(16)8-6-11/h3-9H,18H2,1-2H3. The zero-order valence-corrected chi connectivity index (χ0v) is 11.1. The van der Waals surface area contributed by atoms with Crippen LogP contribution in [-0.2, 0) is 5.54 Å². The number of nitrogens with two attached hydrogens (primary N) is 1. The molecule has 0 amide bonds. The Hall–Kier alpha value is -1.38. The second kappa shape index (κ2) is 4.71. The first-order valence-corrected chi connectivity index (χ1v) is 6.10. The molecular formula is C15H15ClFN. The lowest BCUT2D eigenvalue weighted by molar-refractivity contribution is 0.577. The molecule has 0 spiro atoms. The van der Waals surface area contributed by atoms with Crippen LogP contribution in [0.2, 0.25) is 5.02 Å². The van der Waals surface area contributed by atoms with E-state index < -0.39 is 5.54 Å². The summed E-state index contributed by atoms with van der Waals surface area (Å²) in [6.45, 7) is 3.59. The maximum Gasteiger partial charge on any atom is 0.126 e. The normalized spacial score (nSPS) is 14.3. The molecule has 0 aliphatic rings. The van der Waals surface area contributed by atoms with Crippen LogP contribution in [0.5, 0.6) is 0 Å². The highest BCUT2D eigenvalue weighted by Gasteiger charge is 2.24. The van der Waals surface area contributed by atoms with E-state index in [0.29, 0.717) is 10.6 Å². The van der Waals surface area contributed by atoms with Crippen LogP contribution in [0.15, 0.2) is 42.5 Å². The van der Waals surface area contributed by atoms with Gasteiger partial charge in [-0.3, -0.25) is 0 Å². The average Bonchev–Trinajstić information content (AvgIpc) is 2.33. The number of aryl methyl sites for hydroxylation is 1. The van der Waals surface area contributed by atoms with Gasteiger partial charge in [-0.1, -0.05) is 35.9 Å². The fourth-order valence-corrected chi connectivity index (χ4v) is 2.00. The Kier molecular flexibility index (Phi) is 3.42. The summed E-state index contributed by atoms with van der Waals surface area (Å²) in [4.78, 5) is 0. The van der Waals surface area contributed by atoms with E-state index >= 15 is 0 Å². The van der Waals surface area contributed by atoms with E-state index in [9.17, 15) is 4.39 Å². The zero-order chi connectivity index (χ0) is 13.3. The Morgan fingerprint density at radius 1 is 1.06 bits per heavy atom. The molecule has 0 radical (unpaired) electrons. The quantitative estimate of drug-likeness (QED) is 0.870. The maximum atomic E-state index is 13.6. The van der Waals surface area contributed by atoms with Crippen LogP contribution in [-0.4, -0.2) is 0 Å². The minimum Gasteiger partial charge on any atom is -0.318 e. The second-order valence-corrected chi connectivity index (χ2v) is 5.11. The van der Waals surface area contributed by atoms with Crippen molar-refractivity contribution in [2.75, 3.05) is 0 Å². The van der Waals surface area contributed by atoms with Gasteiger partial charge in [-0.15, -0.1) is 0 Å². The smallest absolute Gasteiger partial charge is 0.126 e. The van der Waals surface area contributed by atoms with Crippen molar-refractivity contribution in [3.63, 3.8) is 0 Å². The highest BCUT2D eigenvalue weighted by atomic mass is 35.5. The molecule has 2 aromatic rings. The average molecular weight is 264 g/mol. The largest absolute Gasteiger partial charge is 0.318 e. The van der Waals surface area contributed by atoms with Crippen LogP contribution in [0, 0.1) is 12.7 Å². The molecule has 94 valence electrons. The Labute approximate surface area is 111 Å². The number of hydrogen-bond acceptors (Lipinski definition) is 1. The van der Waals surface area contributed by atoms with E-state index in [1.54, 1.807) is 25.1 Å². The Balaban J connectivity index is 2.46. The molecule has 2 aromatic carbocycles. The van der Waals surface area contributed by atoms with Crippen LogP contribution in [0.3, 0.4) is 0 Å². The summed E-state index contributed by atoms with van der Waals surface area (Å²) in [5.41, 5.74) is 7.84. The van der Waals surface area contributed by atoms with E-state index in [-0.39, 0.29) is 5.82 Å². The lowest BCUT2D eigenvalue weighted by Gasteiger charge is -2.26. The van der Waals surface area contributed by atoms with Gasteiger partial charge in [-0.05, 0) is 48.7 Å². The van der Waals surface area contributed by atoms with Gasteiger partial charge < -0.3 is 5.73 Å². The lowest BCUT2D eigenvalue weighted by Crippen LogP contribution is -2.34. The van der Waals surface area contributed by atoms with E-state index in [1.807, 2.05) is 25.1 Å². The summed E-state index contributed by atoms with van der Waals surface area (Å²) in [6, 6.07) is 12.4. The molecule has 0 fully saturated rings. The number of hydrogen-bond donors (Lipinski definition) is 1. The Morgan fingerprint density at radius 3 is 2.17 bits per heavy atom. The van der Waals surface area contributed by atoms with Gasteiger partial charge in [0, 0.05) is 5.02 Å². The highest BCUT2D eigenvalue weighted by Crippen LogP contribution is 2.28. The van der Waals surface area contributed by atoms with Gasteiger partial charge in [0.1, 0.15) is 5.82 Å². The van der Waals surface area contributed by atoms with Crippen molar-refractivity contribution in [2.24, 2.45) is 5.73 Å². The fraction of sp³-hybridized carbons (Fsp3) is 0.200. The lowest BCUT2D eigenvalue weighted by atomic mass is 9.85. The molecule has 3 heteroatoms. The van der Waals surface area contributed by atoms with Crippen LogP contribution in [0.4, 0.5) is 4.39 Å². The van der Waals surface area contributed by atoms with Gasteiger partial charge in [0.15, 0.2) is 0 Å². The minimum atomic E-state index is -0.737. The third-order valence-corrected chi connectivity index (χ3v) is 3.47. The van der Waals surface area contributed by atoms with Gasteiger partial charge in [0.05, 0.1) is 5.54 Å². The Bertz CT molecular complexity index is 561. The number of rotatable bonds is 2. The van der Waals surface area contributed by atoms with Gasteiger partial charge in [-0.25, -0.2) is 4.39 Å². The van der Waals surface area contributed by atoms with Crippen molar-refractivity contribution < 1.29 is 4.39 Å². The molecule has 1 atom stereocenters. The molecule has 0 heterocycles. The first kappa shape index (κ1) is 13.1. The molecule has 2 N–H and O–H groups in total. The molecule has 0 aromatic heterocycles. The molecular weight excluding hydrogens is 249 g/mol. The summed E-state index contributed by atoms with van der Waals surface area (Å²) >= 11 is 5.85. The van der Waals surface area contributed by atoms with Crippen LogP contribution in [0.25, 0.3) is 0 Å². The zero-order valence-electron chi connectivity index (χ0n) is 10.4. The van der Waals surface area contributed by atoms with E-state index in [4.69, 9.17) is 17.3 Å². The van der Waals surface area contributed by atoms with Crippen molar-refractivity contribution in [2.45, 2.75) is 19.4 Å². The third kappa shape index (κ3) is 2.40. The number of benzene rings is 2. The van der Waals surface area contributed by atoms with E-state index in [0.717, 1.165) is 11.1 Å². The van der Waals surface area contributed by atoms with Gasteiger partial charge >= 0.3 is 0 Å². The van der Waals surface area contributed by atoms with Gasteiger partial charge in [-0.2, -0.15) is 0 Å². The monoisotopic (exact) mass is 263 g/mol. The summed E-state index contributed by atoms with van der Waals surface area (Å²) in [6.07, 6.45) is 0. The first-order valence-electron chi connectivity index (χ1n) is 5.73. The topological polar surface area (TPSA) is 26.0 Å². The minimum absolute atomic E-state index is 0.238. The molecule has 1 unspecified atom stereocenters. The van der Waals surface area contributed by atoms with Gasteiger partial charge in [0.2, 0.25) is 0 Å². The number of halogens is 2. The van der Waals surface area contributed by atoms with Crippen LogP contribution < -0.4 is 5.73 Å². The van der Waals surface area contributed by atoms with Crippen LogP contribution in [0.1, 0.15) is 23.6 Å². The van der Waals surface area contributed by atoms with Crippen molar-refractivity contribution >= 4 is 11.6 Å². The fourth-order valence-electron chi connectivity index (χ4n) is 1.88. The second-order valence-electron chi connectivity index (χ2n) is 4.67. The molecule has 2 rings (SSSR count). The Morgan fingerprint density at radius 2 is 1.61 bits per heavy atom. The molecule has 0 bridgehead atoms. The summed E-state index contributed by atoms with van der Waals surface area (Å²) in [7, 11) is 0. The van der Waals surface area contributed by atoms with Crippen molar-refractivity contribution in [3.8, 4) is 0 Å². The van der Waals surface area contributed by atoms with E-state index in [2.05, 4.69) is 0 Å². The molecule has 1 nitrogen and oxygen atoms in total. The maximum absolute atomic E-state index is 13.6. The molecule has 0 aliphatic heterocycles. The SMILES string of the molecule is Cc1ccc(C(C)(N)c2ccc(Cl)cc2)cc1F. The van der Waals surface area contributed by atoms with E-state index in [1.165, 1.54) is 6.07 Å². The molecule has 0 saturated heterocycles. The van der Waals surface area contributed by atoms with Gasteiger partial charge in [0.25, 0.3) is 0 Å². The molecule has 0 saturated carbocycles. The predicted molar refractivity (Wildman–Crippen MR) is 73.2 cm³/mol.